The van der Waals surface area contributed by atoms with E-state index in [1.807, 2.05) is 53.4 Å². The van der Waals surface area contributed by atoms with Crippen LogP contribution < -0.4 is 26.9 Å². The first-order valence-electron chi connectivity index (χ1n) is 8.75. The van der Waals surface area contributed by atoms with Gasteiger partial charge in [-0.15, -0.1) is 0 Å². The highest BCUT2D eigenvalue weighted by molar-refractivity contribution is 5.90. The minimum Gasteiger partial charge on any atom is -1.00 e. The van der Waals surface area contributed by atoms with E-state index in [-0.39, 0.29) is 22.9 Å². The van der Waals surface area contributed by atoms with Crippen LogP contribution in [0.3, 0.4) is 0 Å². The molecule has 0 unspecified atom stereocenters. The van der Waals surface area contributed by atoms with Gasteiger partial charge < -0.3 is 22.3 Å². The number of carbonyl (C=O) groups is 1. The number of pyridine rings is 1. The highest BCUT2D eigenvalue weighted by Gasteiger charge is 2.17. The van der Waals surface area contributed by atoms with Gasteiger partial charge in [-0.25, -0.2) is 0 Å². The summed E-state index contributed by atoms with van der Waals surface area (Å²) in [6.07, 6.45) is 7.30. The van der Waals surface area contributed by atoms with E-state index in [0.29, 0.717) is 6.54 Å². The van der Waals surface area contributed by atoms with Gasteiger partial charge in [0.25, 0.3) is 5.91 Å². The topological polar surface area (TPSA) is 33.0 Å². The number of nitrogens with one attached hydrogen (secondary N) is 1. The molecule has 0 saturated heterocycles. The van der Waals surface area contributed by atoms with Crippen LogP contribution in [0, 0.1) is 0 Å². The number of rotatable bonds is 4. The molecule has 3 aromatic rings. The lowest BCUT2D eigenvalue weighted by Crippen LogP contribution is -3.00. The second-order valence-corrected chi connectivity index (χ2v) is 6.48. The molecule has 0 spiro atoms. The van der Waals surface area contributed by atoms with Gasteiger partial charge >= 0.3 is 0 Å². The number of hydrogen-bond acceptors (Lipinski definition) is 1. The maximum absolute atomic E-state index is 12.5. The second-order valence-electron chi connectivity index (χ2n) is 6.48. The molecule has 26 heavy (non-hydrogen) atoms. The standard InChI is InChI=1S/C22H20N2O.BrH/c25-22(23-21-13-5-10-18-9-4-12-20(18)21)16-24-14-6-11-19(15-24)17-7-2-1-3-8-17;/h1-3,5-8,10-11,13-15H,4,9,12,16H2;1H. The normalized spacial score (nSPS) is 12.2. The highest BCUT2D eigenvalue weighted by Crippen LogP contribution is 2.28. The van der Waals surface area contributed by atoms with Crippen molar-refractivity contribution < 1.29 is 26.3 Å². The van der Waals surface area contributed by atoms with Crippen molar-refractivity contribution in [3.63, 3.8) is 0 Å². The van der Waals surface area contributed by atoms with E-state index in [1.165, 1.54) is 17.5 Å². The number of hydrogen-bond donors (Lipinski definition) is 1. The van der Waals surface area contributed by atoms with Crippen molar-refractivity contribution in [3.8, 4) is 11.1 Å². The van der Waals surface area contributed by atoms with Crippen molar-refractivity contribution in [2.75, 3.05) is 5.32 Å². The fraction of sp³-hybridized carbons (Fsp3) is 0.182. The first-order chi connectivity index (χ1) is 12.3. The third kappa shape index (κ3) is 4.02. The Balaban J connectivity index is 0.00000196. The summed E-state index contributed by atoms with van der Waals surface area (Å²) in [5.41, 5.74) is 5.91. The predicted molar refractivity (Wildman–Crippen MR) is 99.2 cm³/mol. The van der Waals surface area contributed by atoms with Crippen molar-refractivity contribution in [3.05, 3.63) is 84.2 Å². The maximum Gasteiger partial charge on any atom is 0.290 e. The summed E-state index contributed by atoms with van der Waals surface area (Å²) in [7, 11) is 0. The molecule has 0 fully saturated rings. The molecule has 4 heteroatoms. The first-order valence-corrected chi connectivity index (χ1v) is 8.75. The zero-order chi connectivity index (χ0) is 17.1. The first kappa shape index (κ1) is 18.3. The Labute approximate surface area is 164 Å². The van der Waals surface area contributed by atoms with E-state index in [4.69, 9.17) is 0 Å². The summed E-state index contributed by atoms with van der Waals surface area (Å²) in [6.45, 7) is 0.310. The Morgan fingerprint density at radius 2 is 1.73 bits per heavy atom. The zero-order valence-corrected chi connectivity index (χ0v) is 16.1. The molecule has 1 aliphatic carbocycles. The van der Waals surface area contributed by atoms with E-state index in [0.717, 1.165) is 29.7 Å². The van der Waals surface area contributed by atoms with Crippen LogP contribution in [0.5, 0.6) is 0 Å². The summed E-state index contributed by atoms with van der Waals surface area (Å²) < 4.78 is 1.93. The minimum atomic E-state index is 0. The number of amides is 1. The van der Waals surface area contributed by atoms with Gasteiger partial charge in [0.2, 0.25) is 6.54 Å². The number of benzene rings is 2. The van der Waals surface area contributed by atoms with Crippen LogP contribution in [0.4, 0.5) is 5.69 Å². The molecule has 1 N–H and O–H groups in total. The lowest BCUT2D eigenvalue weighted by Gasteiger charge is -2.09. The van der Waals surface area contributed by atoms with Crippen LogP contribution in [-0.4, -0.2) is 5.91 Å². The number of aryl methyl sites for hydroxylation is 1. The Morgan fingerprint density at radius 1 is 0.923 bits per heavy atom. The lowest BCUT2D eigenvalue weighted by atomic mass is 10.1. The monoisotopic (exact) mass is 408 g/mol. The van der Waals surface area contributed by atoms with Crippen molar-refractivity contribution >= 4 is 11.6 Å². The van der Waals surface area contributed by atoms with Crippen LogP contribution >= 0.6 is 0 Å². The summed E-state index contributed by atoms with van der Waals surface area (Å²) >= 11 is 0. The van der Waals surface area contributed by atoms with Crippen molar-refractivity contribution in [1.82, 2.24) is 0 Å². The van der Waals surface area contributed by atoms with Gasteiger partial charge in [0.15, 0.2) is 12.4 Å². The number of halogens is 1. The molecule has 3 nitrogen and oxygen atoms in total. The van der Waals surface area contributed by atoms with Gasteiger partial charge in [0.05, 0.1) is 0 Å². The Hall–Kier alpha value is -2.46. The fourth-order valence-electron chi connectivity index (χ4n) is 3.51. The molecule has 132 valence electrons. The van der Waals surface area contributed by atoms with E-state index in [9.17, 15) is 4.79 Å². The number of aromatic nitrogens is 1. The van der Waals surface area contributed by atoms with E-state index < -0.39 is 0 Å². The molecule has 1 heterocycles. The average Bonchev–Trinajstić information content (AvgIpc) is 3.12. The van der Waals surface area contributed by atoms with Crippen LogP contribution in [0.25, 0.3) is 11.1 Å². The van der Waals surface area contributed by atoms with Crippen molar-refractivity contribution in [2.45, 2.75) is 25.8 Å². The maximum atomic E-state index is 12.5. The Morgan fingerprint density at radius 3 is 2.58 bits per heavy atom. The van der Waals surface area contributed by atoms with Gasteiger partial charge in [0, 0.05) is 17.3 Å². The van der Waals surface area contributed by atoms with E-state index in [1.54, 1.807) is 0 Å². The molecular weight excluding hydrogens is 388 g/mol. The van der Waals surface area contributed by atoms with Crippen LogP contribution in [0.2, 0.25) is 0 Å². The summed E-state index contributed by atoms with van der Waals surface area (Å²) in [4.78, 5) is 12.5. The van der Waals surface area contributed by atoms with Crippen LogP contribution in [-0.2, 0) is 24.2 Å². The number of anilines is 1. The van der Waals surface area contributed by atoms with Crippen molar-refractivity contribution in [1.29, 1.82) is 0 Å². The SMILES string of the molecule is O=C(C[n+]1cccc(-c2ccccc2)c1)Nc1cccc2c1CCC2.[Br-]. The quantitative estimate of drug-likeness (QED) is 0.635. The fourth-order valence-corrected chi connectivity index (χ4v) is 3.51. The summed E-state index contributed by atoms with van der Waals surface area (Å²) in [5, 5.41) is 3.09. The largest absolute Gasteiger partial charge is 1.00 e. The Bertz CT molecular complexity index is 909. The minimum absolute atomic E-state index is 0. The molecular formula is C22H21BrN2O. The van der Waals surface area contributed by atoms with Crippen LogP contribution in [0.15, 0.2) is 73.1 Å². The van der Waals surface area contributed by atoms with Gasteiger partial charge in [-0.1, -0.05) is 42.5 Å². The van der Waals surface area contributed by atoms with Gasteiger partial charge in [-0.3, -0.25) is 4.79 Å². The molecule has 1 aromatic heterocycles. The van der Waals surface area contributed by atoms with Gasteiger partial charge in [-0.05, 0) is 48.1 Å². The van der Waals surface area contributed by atoms with E-state index in [2.05, 4.69) is 29.6 Å². The Kier molecular flexibility index (Phi) is 5.84. The second kappa shape index (κ2) is 8.28. The van der Waals surface area contributed by atoms with Gasteiger partial charge in [-0.2, -0.15) is 4.57 Å². The number of carbonyl (C=O) groups excluding carboxylic acids is 1. The third-order valence-electron chi connectivity index (χ3n) is 4.71. The predicted octanol–water partition coefficient (Wildman–Crippen LogP) is 0.772. The number of nitrogens with zero attached hydrogens (tertiary/aromatic N) is 1. The smallest absolute Gasteiger partial charge is 0.290 e. The third-order valence-corrected chi connectivity index (χ3v) is 4.71. The summed E-state index contributed by atoms with van der Waals surface area (Å²) in [5.74, 6) is 0.00973. The molecule has 1 amide bonds. The molecule has 0 aliphatic heterocycles. The average molecular weight is 409 g/mol. The molecule has 0 radical (unpaired) electrons. The van der Waals surface area contributed by atoms with E-state index >= 15 is 0 Å². The number of fused-ring (bicyclic) bond motifs is 1. The molecule has 0 atom stereocenters. The zero-order valence-electron chi connectivity index (χ0n) is 14.5. The molecule has 0 bridgehead atoms. The molecule has 4 rings (SSSR count). The molecule has 1 aliphatic rings. The van der Waals surface area contributed by atoms with Crippen molar-refractivity contribution in [2.24, 2.45) is 0 Å². The molecule has 2 aromatic carbocycles. The van der Waals surface area contributed by atoms with Gasteiger partial charge in [0.1, 0.15) is 0 Å². The van der Waals surface area contributed by atoms with Crippen LogP contribution in [0.1, 0.15) is 17.5 Å². The highest BCUT2D eigenvalue weighted by atomic mass is 79.9. The lowest BCUT2D eigenvalue weighted by molar-refractivity contribution is -0.683. The molecule has 0 saturated carbocycles. The summed E-state index contributed by atoms with van der Waals surface area (Å²) in [6, 6.07) is 20.5.